The van der Waals surface area contributed by atoms with Crippen molar-refractivity contribution in [2.75, 3.05) is 24.7 Å². The molecule has 0 aliphatic carbocycles. The Hall–Kier alpha value is -3.85. The molecule has 0 radical (unpaired) electrons. The minimum Gasteiger partial charge on any atom is -0.507 e. The van der Waals surface area contributed by atoms with E-state index in [2.05, 4.69) is 69.3 Å². The Bertz CT molecular complexity index is 1540. The van der Waals surface area contributed by atoms with Gasteiger partial charge in [-0.25, -0.2) is 0 Å². The molecule has 4 aromatic carbocycles. The molecule has 1 aliphatic heterocycles. The highest BCUT2D eigenvalue weighted by molar-refractivity contribution is 7.99. The second-order valence-electron chi connectivity index (χ2n) is 12.0. The number of phenols is 1. The van der Waals surface area contributed by atoms with Crippen molar-refractivity contribution >= 4 is 42.6 Å². The topological polar surface area (TPSA) is 76.1 Å². The highest BCUT2D eigenvalue weighted by atomic mass is 32.2. The van der Waals surface area contributed by atoms with E-state index in [-0.39, 0.29) is 34.9 Å². The Morgan fingerprint density at radius 2 is 1.57 bits per heavy atom. The number of carbonyl (C=O) groups is 2. The van der Waals surface area contributed by atoms with Crippen LogP contribution in [0.3, 0.4) is 0 Å². The van der Waals surface area contributed by atoms with Crippen LogP contribution in [0.1, 0.15) is 47.1 Å². The molecular formula is C36H39NO5SSi. The number of ether oxygens (including phenoxy) is 1. The molecule has 5 rings (SSSR count). The maximum atomic E-state index is 14.2. The first-order valence-corrected chi connectivity index (χ1v) is 17.9. The minimum absolute atomic E-state index is 0.0629. The zero-order chi connectivity index (χ0) is 31.2. The molecule has 1 saturated heterocycles. The fraction of sp³-hybridized carbons (Fsp3) is 0.278. The number of aldehydes is 1. The zero-order valence-corrected chi connectivity index (χ0v) is 27.3. The number of hydrogen-bond donors (Lipinski definition) is 1. The van der Waals surface area contributed by atoms with E-state index in [1.165, 1.54) is 16.4 Å². The van der Waals surface area contributed by atoms with E-state index in [1.807, 2.05) is 41.3 Å². The van der Waals surface area contributed by atoms with Gasteiger partial charge in [0.25, 0.3) is 14.2 Å². The second kappa shape index (κ2) is 13.8. The number of thioether (sulfide) groups is 1. The quantitative estimate of drug-likeness (QED) is 0.174. The lowest BCUT2D eigenvalue weighted by molar-refractivity contribution is 0.0644. The van der Waals surface area contributed by atoms with Crippen LogP contribution in [0.15, 0.2) is 103 Å². The Labute approximate surface area is 265 Å². The van der Waals surface area contributed by atoms with E-state index in [9.17, 15) is 14.7 Å². The number of rotatable bonds is 10. The average molecular weight is 626 g/mol. The van der Waals surface area contributed by atoms with Crippen LogP contribution in [-0.4, -0.2) is 61.2 Å². The maximum absolute atomic E-state index is 14.2. The number of benzene rings is 4. The number of nitrogens with zero attached hydrogens (tertiary/aromatic N) is 1. The molecular weight excluding hydrogens is 587 g/mol. The van der Waals surface area contributed by atoms with Crippen molar-refractivity contribution in [3.05, 3.63) is 120 Å². The summed E-state index contributed by atoms with van der Waals surface area (Å²) in [5, 5.41) is 12.3. The van der Waals surface area contributed by atoms with Crippen LogP contribution in [0.2, 0.25) is 5.04 Å². The lowest BCUT2D eigenvalue weighted by Gasteiger charge is -2.43. The van der Waals surface area contributed by atoms with Gasteiger partial charge in [0.1, 0.15) is 18.1 Å². The van der Waals surface area contributed by atoms with Crippen LogP contribution >= 0.6 is 11.8 Å². The third-order valence-electron chi connectivity index (χ3n) is 8.19. The van der Waals surface area contributed by atoms with Gasteiger partial charge >= 0.3 is 0 Å². The van der Waals surface area contributed by atoms with E-state index in [1.54, 1.807) is 23.9 Å². The summed E-state index contributed by atoms with van der Waals surface area (Å²) in [4.78, 5) is 27.6. The van der Waals surface area contributed by atoms with Gasteiger partial charge in [0.15, 0.2) is 6.29 Å². The zero-order valence-electron chi connectivity index (χ0n) is 25.4. The lowest BCUT2D eigenvalue weighted by Crippen LogP contribution is -2.66. The molecule has 0 saturated carbocycles. The van der Waals surface area contributed by atoms with Crippen molar-refractivity contribution in [2.24, 2.45) is 0 Å². The molecule has 1 aliphatic rings. The number of amides is 1. The molecule has 6 nitrogen and oxygen atoms in total. The molecule has 0 aromatic heterocycles. The summed E-state index contributed by atoms with van der Waals surface area (Å²) in [6.45, 7) is 7.83. The summed E-state index contributed by atoms with van der Waals surface area (Å²) < 4.78 is 13.2. The van der Waals surface area contributed by atoms with Gasteiger partial charge in [-0.2, -0.15) is 11.8 Å². The van der Waals surface area contributed by atoms with Gasteiger partial charge in [0, 0.05) is 23.6 Å². The van der Waals surface area contributed by atoms with Crippen LogP contribution in [0.5, 0.6) is 11.5 Å². The van der Waals surface area contributed by atoms with Gasteiger partial charge in [-0.05, 0) is 39.2 Å². The molecule has 1 amide bonds. The van der Waals surface area contributed by atoms with Gasteiger partial charge in [-0.1, -0.05) is 106 Å². The van der Waals surface area contributed by atoms with Crippen LogP contribution in [-0.2, 0) is 11.0 Å². The largest absolute Gasteiger partial charge is 0.507 e. The number of hydrogen-bond acceptors (Lipinski definition) is 6. The van der Waals surface area contributed by atoms with E-state index in [4.69, 9.17) is 9.16 Å². The first-order valence-electron chi connectivity index (χ1n) is 14.9. The van der Waals surface area contributed by atoms with Crippen molar-refractivity contribution in [1.82, 2.24) is 4.90 Å². The molecule has 1 atom stereocenters. The maximum Gasteiger partial charge on any atom is 0.261 e. The molecule has 228 valence electrons. The first kappa shape index (κ1) is 31.6. The molecule has 1 fully saturated rings. The van der Waals surface area contributed by atoms with Crippen molar-refractivity contribution in [2.45, 2.75) is 38.5 Å². The monoisotopic (exact) mass is 625 g/mol. The van der Waals surface area contributed by atoms with Gasteiger partial charge < -0.3 is 19.2 Å². The summed E-state index contributed by atoms with van der Waals surface area (Å²) in [5.74, 6) is 1.66. The smallest absolute Gasteiger partial charge is 0.261 e. The fourth-order valence-corrected chi connectivity index (χ4v) is 11.5. The summed E-state index contributed by atoms with van der Waals surface area (Å²) >= 11 is 1.77. The predicted molar refractivity (Wildman–Crippen MR) is 180 cm³/mol. The van der Waals surface area contributed by atoms with E-state index >= 15 is 0 Å². The van der Waals surface area contributed by atoms with Gasteiger partial charge in [0.2, 0.25) is 0 Å². The average Bonchev–Trinajstić information content (AvgIpc) is 3.04. The van der Waals surface area contributed by atoms with Crippen LogP contribution in [0.25, 0.3) is 0 Å². The number of phenolic OH excluding ortho intramolecular Hbond substituents is 1. The van der Waals surface area contributed by atoms with E-state index in [0.717, 1.165) is 11.3 Å². The van der Waals surface area contributed by atoms with Gasteiger partial charge in [0.05, 0.1) is 18.2 Å². The normalized spacial score (nSPS) is 15.5. The predicted octanol–water partition coefficient (Wildman–Crippen LogP) is 5.92. The van der Waals surface area contributed by atoms with Crippen molar-refractivity contribution in [3.8, 4) is 11.5 Å². The molecule has 1 unspecified atom stereocenters. The van der Waals surface area contributed by atoms with Crippen LogP contribution < -0.4 is 15.1 Å². The fourth-order valence-electron chi connectivity index (χ4n) is 5.98. The third-order valence-corrected chi connectivity index (χ3v) is 14.3. The van der Waals surface area contributed by atoms with Crippen LogP contribution in [0.4, 0.5) is 0 Å². The van der Waals surface area contributed by atoms with Gasteiger partial charge in [-0.3, -0.25) is 9.59 Å². The number of carbonyl (C=O) groups excluding carboxylic acids is 2. The third kappa shape index (κ3) is 6.48. The standard InChI is InChI=1S/C36H39NO5SSi/c1-36(2,3)44(29-14-6-4-7-15-29,30-16-8-5-9-17-30)42-24-27-13-10-11-18-31(27)35(40)37-21-22-43-26-28(37)25-41-34-20-12-19-33(39)32(34)23-38/h4-20,23,28,39H,21-22,24-26H2,1-3H3. The molecule has 0 bridgehead atoms. The molecule has 0 spiro atoms. The van der Waals surface area contributed by atoms with Crippen molar-refractivity contribution in [1.29, 1.82) is 0 Å². The van der Waals surface area contributed by atoms with Crippen LogP contribution in [0, 0.1) is 0 Å². The Morgan fingerprint density at radius 3 is 2.20 bits per heavy atom. The Morgan fingerprint density at radius 1 is 0.932 bits per heavy atom. The molecule has 4 aromatic rings. The SMILES string of the molecule is CC(C)(C)[Si](OCc1ccccc1C(=O)N1CCSCC1COc1cccc(O)c1C=O)(c1ccccc1)c1ccccc1. The summed E-state index contributed by atoms with van der Waals surface area (Å²) in [6.07, 6.45) is 0.589. The Kier molecular flexibility index (Phi) is 9.93. The molecule has 1 heterocycles. The Balaban J connectivity index is 1.43. The highest BCUT2D eigenvalue weighted by Gasteiger charge is 2.50. The minimum atomic E-state index is -2.80. The van der Waals surface area contributed by atoms with E-state index < -0.39 is 8.32 Å². The molecule has 44 heavy (non-hydrogen) atoms. The summed E-state index contributed by atoms with van der Waals surface area (Å²) in [7, 11) is -2.80. The van der Waals surface area contributed by atoms with Crippen molar-refractivity contribution < 1.29 is 23.9 Å². The number of aromatic hydroxyl groups is 1. The summed E-state index contributed by atoms with van der Waals surface area (Å²) in [6, 6.07) is 33.3. The molecule has 8 heteroatoms. The summed E-state index contributed by atoms with van der Waals surface area (Å²) in [5.41, 5.74) is 1.58. The second-order valence-corrected chi connectivity index (χ2v) is 17.4. The first-order chi connectivity index (χ1) is 21.3. The van der Waals surface area contributed by atoms with E-state index in [0.29, 0.717) is 36.5 Å². The molecule has 1 N–H and O–H groups in total. The van der Waals surface area contributed by atoms with Crippen molar-refractivity contribution in [3.63, 3.8) is 0 Å². The van der Waals surface area contributed by atoms with Gasteiger partial charge in [-0.15, -0.1) is 0 Å². The lowest BCUT2D eigenvalue weighted by atomic mass is 10.1. The highest BCUT2D eigenvalue weighted by Crippen LogP contribution is 2.37.